The van der Waals surface area contributed by atoms with Crippen LogP contribution < -0.4 is 5.32 Å². The molecule has 0 aliphatic carbocycles. The molecule has 0 spiro atoms. The fourth-order valence-corrected chi connectivity index (χ4v) is 2.80. The van der Waals surface area contributed by atoms with E-state index in [1.54, 1.807) is 26.2 Å². The zero-order chi connectivity index (χ0) is 16.1. The van der Waals surface area contributed by atoms with Crippen molar-refractivity contribution in [3.8, 4) is 0 Å². The average Bonchev–Trinajstić information content (AvgIpc) is 2.85. The second kappa shape index (κ2) is 7.33. The Kier molecular flexibility index (Phi) is 5.46. The number of rotatable bonds is 5. The van der Waals surface area contributed by atoms with Gasteiger partial charge in [-0.05, 0) is 24.6 Å². The number of carbonyl (C=O) groups excluding carboxylic acids is 1. The molecule has 7 heteroatoms. The number of urea groups is 1. The van der Waals surface area contributed by atoms with Crippen LogP contribution in [0.25, 0.3) is 0 Å². The molecule has 2 N–H and O–H groups in total. The van der Waals surface area contributed by atoms with Gasteiger partial charge in [0.15, 0.2) is 5.13 Å². The van der Waals surface area contributed by atoms with Gasteiger partial charge in [0.05, 0.1) is 6.10 Å². The molecular weight excluding hydrogens is 305 g/mol. The lowest BCUT2D eigenvalue weighted by Gasteiger charge is -2.18. The Labute approximate surface area is 132 Å². The molecule has 0 bridgehead atoms. The van der Waals surface area contributed by atoms with E-state index in [2.05, 4.69) is 10.3 Å². The van der Waals surface area contributed by atoms with Crippen LogP contribution in [0.15, 0.2) is 30.5 Å². The summed E-state index contributed by atoms with van der Waals surface area (Å²) in [5.74, 6) is -0.268. The molecule has 0 aliphatic rings. The molecule has 0 aliphatic heterocycles. The molecule has 1 heterocycles. The summed E-state index contributed by atoms with van der Waals surface area (Å²) in [5.41, 5.74) is 0.854. The number of hydrogen-bond acceptors (Lipinski definition) is 4. The van der Waals surface area contributed by atoms with Crippen LogP contribution in [0.3, 0.4) is 0 Å². The molecular formula is C15H18FN3O2S. The van der Waals surface area contributed by atoms with Gasteiger partial charge in [0.2, 0.25) is 0 Å². The van der Waals surface area contributed by atoms with Crippen LogP contribution in [-0.4, -0.2) is 40.7 Å². The Morgan fingerprint density at radius 1 is 1.55 bits per heavy atom. The number of amides is 2. The van der Waals surface area contributed by atoms with Gasteiger partial charge in [-0.15, -0.1) is 11.3 Å². The van der Waals surface area contributed by atoms with Gasteiger partial charge >= 0.3 is 6.03 Å². The summed E-state index contributed by atoms with van der Waals surface area (Å²) in [7, 11) is 1.60. The first-order valence-electron chi connectivity index (χ1n) is 6.83. The van der Waals surface area contributed by atoms with Gasteiger partial charge in [-0.2, -0.15) is 0 Å². The quantitative estimate of drug-likeness (QED) is 0.889. The van der Waals surface area contributed by atoms with Crippen molar-refractivity contribution in [2.45, 2.75) is 19.4 Å². The number of nitrogens with one attached hydrogen (secondary N) is 1. The third-order valence-corrected chi connectivity index (χ3v) is 3.83. The van der Waals surface area contributed by atoms with Gasteiger partial charge in [0, 0.05) is 31.1 Å². The first kappa shape index (κ1) is 16.4. The summed E-state index contributed by atoms with van der Waals surface area (Å²) in [5, 5.41) is 12.4. The molecule has 2 rings (SSSR count). The highest BCUT2D eigenvalue weighted by molar-refractivity contribution is 7.15. The summed E-state index contributed by atoms with van der Waals surface area (Å²) >= 11 is 1.34. The third-order valence-electron chi connectivity index (χ3n) is 2.92. The summed E-state index contributed by atoms with van der Waals surface area (Å²) < 4.78 is 13.1. The lowest BCUT2D eigenvalue weighted by atomic mass is 10.1. The lowest BCUT2D eigenvalue weighted by molar-refractivity contribution is 0.149. The zero-order valence-electron chi connectivity index (χ0n) is 12.4. The lowest BCUT2D eigenvalue weighted by Crippen LogP contribution is -2.36. The molecule has 2 aromatic rings. The van der Waals surface area contributed by atoms with Crippen LogP contribution >= 0.6 is 11.3 Å². The summed E-state index contributed by atoms with van der Waals surface area (Å²) in [6.07, 6.45) is 1.64. The Hall–Kier alpha value is -1.99. The fourth-order valence-electron chi connectivity index (χ4n) is 1.96. The summed E-state index contributed by atoms with van der Waals surface area (Å²) in [4.78, 5) is 18.3. The molecule has 22 heavy (non-hydrogen) atoms. The molecule has 0 fully saturated rings. The van der Waals surface area contributed by atoms with Crippen molar-refractivity contribution in [2.24, 2.45) is 0 Å². The topological polar surface area (TPSA) is 65.5 Å². The number of anilines is 1. The van der Waals surface area contributed by atoms with E-state index in [-0.39, 0.29) is 18.4 Å². The Morgan fingerprint density at radius 2 is 2.32 bits per heavy atom. The van der Waals surface area contributed by atoms with E-state index in [0.29, 0.717) is 11.6 Å². The standard InChI is InChI=1S/C15H18FN3O2S/c1-10(20)9-19(2)15(21)18-14-17-8-13(22-14)7-11-4-3-5-12(16)6-11/h3-6,8,10,20H,7,9H2,1-2H3,(H,17,18,21)/t10-/m1/s1. The number of aliphatic hydroxyl groups is 1. The second-order valence-electron chi connectivity index (χ2n) is 5.10. The number of nitrogens with zero attached hydrogens (tertiary/aromatic N) is 2. The van der Waals surface area contributed by atoms with Crippen LogP contribution in [0, 0.1) is 5.82 Å². The van der Waals surface area contributed by atoms with Crippen LogP contribution in [0.2, 0.25) is 0 Å². The minimum Gasteiger partial charge on any atom is -0.392 e. The van der Waals surface area contributed by atoms with Crippen LogP contribution in [-0.2, 0) is 6.42 Å². The molecule has 1 aromatic heterocycles. The number of hydrogen-bond donors (Lipinski definition) is 2. The van der Waals surface area contributed by atoms with E-state index >= 15 is 0 Å². The number of aliphatic hydroxyl groups excluding tert-OH is 1. The van der Waals surface area contributed by atoms with Crippen molar-refractivity contribution in [2.75, 3.05) is 18.9 Å². The van der Waals surface area contributed by atoms with E-state index in [1.807, 2.05) is 6.07 Å². The maximum atomic E-state index is 13.1. The number of carbonyl (C=O) groups is 1. The van der Waals surface area contributed by atoms with Crippen molar-refractivity contribution in [3.63, 3.8) is 0 Å². The van der Waals surface area contributed by atoms with Crippen molar-refractivity contribution in [1.29, 1.82) is 0 Å². The summed E-state index contributed by atoms with van der Waals surface area (Å²) in [6, 6.07) is 6.07. The van der Waals surface area contributed by atoms with Crippen molar-refractivity contribution in [1.82, 2.24) is 9.88 Å². The smallest absolute Gasteiger partial charge is 0.323 e. The summed E-state index contributed by atoms with van der Waals surface area (Å²) in [6.45, 7) is 1.86. The SMILES string of the molecule is C[C@@H](O)CN(C)C(=O)Nc1ncc(Cc2cccc(F)c2)s1. The Bertz CT molecular complexity index is 645. The van der Waals surface area contributed by atoms with Crippen LogP contribution in [0.4, 0.5) is 14.3 Å². The maximum Gasteiger partial charge on any atom is 0.323 e. The Morgan fingerprint density at radius 3 is 3.00 bits per heavy atom. The molecule has 118 valence electrons. The van der Waals surface area contributed by atoms with Gasteiger partial charge < -0.3 is 10.0 Å². The van der Waals surface area contributed by atoms with Crippen molar-refractivity contribution < 1.29 is 14.3 Å². The van der Waals surface area contributed by atoms with E-state index in [4.69, 9.17) is 0 Å². The fraction of sp³-hybridized carbons (Fsp3) is 0.333. The molecule has 5 nitrogen and oxygen atoms in total. The number of thiazole rings is 1. The first-order valence-corrected chi connectivity index (χ1v) is 7.65. The van der Waals surface area contributed by atoms with Crippen LogP contribution in [0.1, 0.15) is 17.4 Å². The number of halogens is 1. The maximum absolute atomic E-state index is 13.1. The first-order chi connectivity index (χ1) is 10.4. The van der Waals surface area contributed by atoms with Crippen molar-refractivity contribution in [3.05, 3.63) is 46.7 Å². The number of likely N-dealkylation sites (N-methyl/N-ethyl adjacent to an activating group) is 1. The second-order valence-corrected chi connectivity index (χ2v) is 6.21. The third kappa shape index (κ3) is 4.78. The minimum atomic E-state index is -0.587. The van der Waals surface area contributed by atoms with Gasteiger partial charge in [-0.3, -0.25) is 5.32 Å². The van der Waals surface area contributed by atoms with Crippen molar-refractivity contribution >= 4 is 22.5 Å². The highest BCUT2D eigenvalue weighted by Crippen LogP contribution is 2.21. The largest absolute Gasteiger partial charge is 0.392 e. The number of benzene rings is 1. The molecule has 0 saturated heterocycles. The van der Waals surface area contributed by atoms with Gasteiger partial charge in [-0.1, -0.05) is 12.1 Å². The minimum absolute atomic E-state index is 0.243. The normalized spacial score (nSPS) is 12.0. The molecule has 0 radical (unpaired) electrons. The van der Waals surface area contributed by atoms with Gasteiger partial charge in [0.25, 0.3) is 0 Å². The highest BCUT2D eigenvalue weighted by Gasteiger charge is 2.13. The van der Waals surface area contributed by atoms with E-state index in [1.165, 1.54) is 28.4 Å². The Balaban J connectivity index is 1.95. The zero-order valence-corrected chi connectivity index (χ0v) is 13.2. The molecule has 0 saturated carbocycles. The molecule has 0 unspecified atom stereocenters. The van der Waals surface area contributed by atoms with Gasteiger partial charge in [0.1, 0.15) is 5.82 Å². The van der Waals surface area contributed by atoms with Gasteiger partial charge in [-0.25, -0.2) is 14.2 Å². The molecule has 1 atom stereocenters. The molecule has 2 amide bonds. The van der Waals surface area contributed by atoms with E-state index < -0.39 is 6.10 Å². The number of aromatic nitrogens is 1. The predicted octanol–water partition coefficient (Wildman–Crippen LogP) is 2.72. The van der Waals surface area contributed by atoms with Crippen LogP contribution in [0.5, 0.6) is 0 Å². The predicted molar refractivity (Wildman–Crippen MR) is 84.6 cm³/mol. The average molecular weight is 323 g/mol. The molecule has 1 aromatic carbocycles. The monoisotopic (exact) mass is 323 g/mol. The van der Waals surface area contributed by atoms with E-state index in [0.717, 1.165) is 10.4 Å². The van der Waals surface area contributed by atoms with E-state index in [9.17, 15) is 14.3 Å². The highest BCUT2D eigenvalue weighted by atomic mass is 32.1.